The highest BCUT2D eigenvalue weighted by Gasteiger charge is 2.04. The van der Waals surface area contributed by atoms with Crippen molar-refractivity contribution in [3.8, 4) is 0 Å². The van der Waals surface area contributed by atoms with Crippen LogP contribution in [-0.4, -0.2) is 82.9 Å². The van der Waals surface area contributed by atoms with Crippen molar-refractivity contribution >= 4 is 27.5 Å². The first-order valence-corrected chi connectivity index (χ1v) is 13.2. The molecule has 0 aromatic heterocycles. The van der Waals surface area contributed by atoms with E-state index in [2.05, 4.69) is 15.3 Å². The van der Waals surface area contributed by atoms with Crippen LogP contribution in [-0.2, 0) is 30.2 Å². The van der Waals surface area contributed by atoms with Crippen molar-refractivity contribution in [3.63, 3.8) is 0 Å². The minimum Gasteiger partial charge on any atom is -0.396 e. The fourth-order valence-electron chi connectivity index (χ4n) is 2.37. The van der Waals surface area contributed by atoms with Crippen molar-refractivity contribution in [1.29, 1.82) is 0 Å². The predicted molar refractivity (Wildman–Crippen MR) is 130 cm³/mol. The van der Waals surface area contributed by atoms with Gasteiger partial charge in [-0.2, -0.15) is 0 Å². The molecule has 1 aromatic carbocycles. The van der Waals surface area contributed by atoms with Gasteiger partial charge in [0.05, 0.1) is 46.1 Å². The van der Waals surface area contributed by atoms with Gasteiger partial charge in [0, 0.05) is 36.1 Å². The summed E-state index contributed by atoms with van der Waals surface area (Å²) in [6.45, 7) is 4.23. The summed E-state index contributed by atoms with van der Waals surface area (Å²) in [4.78, 5) is 15.8. The number of hydrogen-bond donors (Lipinski definition) is 2. The lowest BCUT2D eigenvalue weighted by Crippen LogP contribution is -2.29. The molecule has 1 rings (SSSR count). The molecule has 0 fully saturated rings. The van der Waals surface area contributed by atoms with Gasteiger partial charge in [0.25, 0.3) is 0 Å². The zero-order valence-corrected chi connectivity index (χ0v) is 20.5. The molecule has 1 amide bonds. The van der Waals surface area contributed by atoms with Gasteiger partial charge in [-0.1, -0.05) is 38.8 Å². The molecule has 0 unspecified atom stereocenters. The van der Waals surface area contributed by atoms with Crippen LogP contribution < -0.4 is 5.32 Å². The topological polar surface area (TPSA) is 135 Å². The van der Waals surface area contributed by atoms with E-state index in [4.69, 9.17) is 29.6 Å². The molecule has 1 aromatic rings. The zero-order chi connectivity index (χ0) is 23.8. The first-order valence-electron chi connectivity index (χ1n) is 10.8. The Balaban J connectivity index is 1.96. The maximum absolute atomic E-state index is 12.0. The molecular formula is C21H34N4O6S2. The van der Waals surface area contributed by atoms with Gasteiger partial charge >= 0.3 is 0 Å². The molecule has 33 heavy (non-hydrogen) atoms. The predicted octanol–water partition coefficient (Wildman–Crippen LogP) is 3.19. The van der Waals surface area contributed by atoms with Gasteiger partial charge < -0.3 is 29.4 Å². The average molecular weight is 503 g/mol. The molecule has 0 aliphatic rings. The summed E-state index contributed by atoms with van der Waals surface area (Å²) in [5.74, 6) is 0.557. The molecule has 2 N–H and O–H groups in total. The minimum atomic E-state index is -0.0428. The number of carbonyl (C=O) groups is 1. The Morgan fingerprint density at radius 3 is 2.36 bits per heavy atom. The molecule has 186 valence electrons. The Hall–Kier alpha value is -1.50. The second-order valence-electron chi connectivity index (χ2n) is 6.62. The van der Waals surface area contributed by atoms with Crippen molar-refractivity contribution in [2.24, 2.45) is 5.11 Å². The minimum absolute atomic E-state index is 0.0428. The molecule has 12 heteroatoms. The van der Waals surface area contributed by atoms with Gasteiger partial charge in [-0.05, 0) is 36.1 Å². The van der Waals surface area contributed by atoms with E-state index in [-0.39, 0.29) is 12.5 Å². The van der Waals surface area contributed by atoms with Crippen molar-refractivity contribution in [3.05, 3.63) is 40.3 Å². The van der Waals surface area contributed by atoms with E-state index in [0.717, 1.165) is 23.3 Å². The van der Waals surface area contributed by atoms with E-state index < -0.39 is 0 Å². The number of hydrogen-bond acceptors (Lipinski definition) is 9. The normalized spacial score (nSPS) is 10.7. The number of aliphatic hydroxyl groups is 1. The molecule has 10 nitrogen and oxygen atoms in total. The summed E-state index contributed by atoms with van der Waals surface area (Å²) in [6.07, 6.45) is 1.97. The lowest BCUT2D eigenvalue weighted by Gasteiger charge is -2.08. The molecule has 0 saturated heterocycles. The van der Waals surface area contributed by atoms with Crippen LogP contribution in [0.5, 0.6) is 0 Å². The molecular weight excluding hydrogens is 468 g/mol. The Morgan fingerprint density at radius 1 is 0.970 bits per heavy atom. The Kier molecular flexibility index (Phi) is 20.0. The number of nitrogens with zero attached hydrogens (tertiary/aromatic N) is 3. The number of benzene rings is 1. The molecule has 0 radical (unpaired) electrons. The second-order valence-corrected chi connectivity index (χ2v) is 8.94. The van der Waals surface area contributed by atoms with Gasteiger partial charge in [0.2, 0.25) is 5.91 Å². The van der Waals surface area contributed by atoms with Crippen LogP contribution in [0.2, 0.25) is 0 Å². The average Bonchev–Trinajstić information content (AvgIpc) is 2.82. The highest BCUT2D eigenvalue weighted by Crippen LogP contribution is 2.31. The third-order valence-corrected chi connectivity index (χ3v) is 6.05. The summed E-state index contributed by atoms with van der Waals surface area (Å²) >= 11 is 0. The molecule has 0 saturated carbocycles. The zero-order valence-electron chi connectivity index (χ0n) is 18.9. The summed E-state index contributed by atoms with van der Waals surface area (Å²) in [5, 5.41) is 14.9. The molecule has 0 aliphatic heterocycles. The van der Waals surface area contributed by atoms with Gasteiger partial charge in [0.15, 0.2) is 0 Å². The second kappa shape index (κ2) is 22.3. The van der Waals surface area contributed by atoms with E-state index >= 15 is 0 Å². The number of carbonyl (C=O) groups excluding carboxylic acids is 1. The highest BCUT2D eigenvalue weighted by molar-refractivity contribution is 8.76. The van der Waals surface area contributed by atoms with Crippen LogP contribution in [0, 0.1) is 0 Å². The quantitative estimate of drug-likeness (QED) is 0.0616. The number of azide groups is 1. The van der Waals surface area contributed by atoms with E-state index in [1.54, 1.807) is 21.6 Å². The van der Waals surface area contributed by atoms with E-state index in [1.807, 2.05) is 24.3 Å². The molecule has 0 bridgehead atoms. The van der Waals surface area contributed by atoms with Crippen LogP contribution in [0.4, 0.5) is 0 Å². The van der Waals surface area contributed by atoms with Crippen LogP contribution in [0.25, 0.3) is 10.4 Å². The van der Waals surface area contributed by atoms with Crippen LogP contribution in [0.3, 0.4) is 0 Å². The lowest BCUT2D eigenvalue weighted by molar-refractivity contribution is -0.120. The Morgan fingerprint density at radius 2 is 1.67 bits per heavy atom. The summed E-state index contributed by atoms with van der Waals surface area (Å²) in [6, 6.07) is 7.92. The largest absolute Gasteiger partial charge is 0.396 e. The van der Waals surface area contributed by atoms with Crippen molar-refractivity contribution in [2.45, 2.75) is 24.2 Å². The van der Waals surface area contributed by atoms with Crippen molar-refractivity contribution < 1.29 is 28.8 Å². The first-order chi connectivity index (χ1) is 16.3. The third-order valence-electron chi connectivity index (χ3n) is 3.98. The van der Waals surface area contributed by atoms with Crippen LogP contribution in [0.15, 0.2) is 34.3 Å². The van der Waals surface area contributed by atoms with E-state index in [1.165, 1.54) is 0 Å². The summed E-state index contributed by atoms with van der Waals surface area (Å²) in [7, 11) is 3.26. The van der Waals surface area contributed by atoms with Crippen molar-refractivity contribution in [1.82, 2.24) is 5.32 Å². The third kappa shape index (κ3) is 18.6. The number of nitrogens with one attached hydrogen (secondary N) is 1. The number of ether oxygens (including phenoxy) is 4. The van der Waals surface area contributed by atoms with E-state index in [0.29, 0.717) is 71.7 Å². The maximum Gasteiger partial charge on any atom is 0.224 e. The first kappa shape index (κ1) is 29.5. The van der Waals surface area contributed by atoms with Crippen LogP contribution in [0.1, 0.15) is 18.4 Å². The molecule has 0 heterocycles. The number of aliphatic hydroxyl groups excluding tert-OH is 1. The molecule has 0 aliphatic carbocycles. The summed E-state index contributed by atoms with van der Waals surface area (Å²) in [5.41, 5.74) is 9.07. The van der Waals surface area contributed by atoms with E-state index in [9.17, 15) is 4.79 Å². The van der Waals surface area contributed by atoms with Gasteiger partial charge in [-0.25, -0.2) is 0 Å². The van der Waals surface area contributed by atoms with Gasteiger partial charge in [-0.15, -0.1) is 0 Å². The standard InChI is InChI=1S/C21H34N4O6S2/c22-25-24-8-12-29-14-16-30-15-13-28-11-7-23-21(27)17-19-3-5-20(6-4-19)33-32-18-31-10-2-1-9-26/h3-6,26H,1-2,7-18H2,(H,23,27). The monoisotopic (exact) mass is 502 g/mol. The van der Waals surface area contributed by atoms with Crippen LogP contribution >= 0.6 is 21.6 Å². The summed E-state index contributed by atoms with van der Waals surface area (Å²) < 4.78 is 21.5. The smallest absolute Gasteiger partial charge is 0.224 e. The Bertz CT molecular complexity index is 663. The lowest BCUT2D eigenvalue weighted by atomic mass is 10.1. The Labute approximate surface area is 203 Å². The number of amides is 1. The number of unbranched alkanes of at least 4 members (excludes halogenated alkanes) is 1. The van der Waals surface area contributed by atoms with Crippen molar-refractivity contribution in [2.75, 3.05) is 71.9 Å². The fourth-order valence-corrected chi connectivity index (χ4v) is 4.07. The molecule has 0 atom stereocenters. The SMILES string of the molecule is [N-]=[N+]=NCCOCCOCCOCCNC(=O)Cc1ccc(SSCOCCCCO)cc1. The fraction of sp³-hybridized carbons (Fsp3) is 0.667. The number of rotatable bonds is 22. The maximum atomic E-state index is 12.0. The molecule has 0 spiro atoms. The van der Waals surface area contributed by atoms with Gasteiger partial charge in [-0.3, -0.25) is 4.79 Å². The highest BCUT2D eigenvalue weighted by atomic mass is 33.1. The van der Waals surface area contributed by atoms with Gasteiger partial charge in [0.1, 0.15) is 5.94 Å².